The van der Waals surface area contributed by atoms with Crippen molar-refractivity contribution < 1.29 is 18.3 Å². The summed E-state index contributed by atoms with van der Waals surface area (Å²) >= 11 is 0. The Bertz CT molecular complexity index is 535. The van der Waals surface area contributed by atoms with Crippen LogP contribution >= 0.6 is 0 Å². The maximum Gasteiger partial charge on any atom is 0.416 e. The van der Waals surface area contributed by atoms with Crippen LogP contribution < -0.4 is 0 Å². The van der Waals surface area contributed by atoms with Crippen LogP contribution in [0.2, 0.25) is 0 Å². The topological polar surface area (TPSA) is 47.3 Å². The maximum absolute atomic E-state index is 12.8. The molecule has 0 aliphatic heterocycles. The van der Waals surface area contributed by atoms with Crippen molar-refractivity contribution in [3.8, 4) is 6.07 Å². The van der Waals surface area contributed by atoms with Crippen LogP contribution in [-0.2, 0) is 11.8 Å². The van der Waals surface area contributed by atoms with Gasteiger partial charge < -0.3 is 5.11 Å². The van der Waals surface area contributed by atoms with Crippen molar-refractivity contribution in [1.82, 2.24) is 4.90 Å². The fourth-order valence-electron chi connectivity index (χ4n) is 2.29. The second-order valence-electron chi connectivity index (χ2n) is 5.71. The number of hydrogen-bond acceptors (Lipinski definition) is 3. The van der Waals surface area contributed by atoms with E-state index in [9.17, 15) is 18.3 Å². The van der Waals surface area contributed by atoms with Crippen molar-refractivity contribution in [1.29, 1.82) is 5.26 Å². The number of hydrogen-bond donors (Lipinski definition) is 1. The number of alkyl halides is 3. The van der Waals surface area contributed by atoms with Crippen molar-refractivity contribution in [3.05, 3.63) is 35.4 Å². The van der Waals surface area contributed by atoms with Crippen LogP contribution in [0.5, 0.6) is 0 Å². The molecule has 2 unspecified atom stereocenters. The third-order valence-electron chi connectivity index (χ3n) is 3.54. The summed E-state index contributed by atoms with van der Waals surface area (Å²) in [5.74, 6) is -0.211. The van der Waals surface area contributed by atoms with Crippen LogP contribution in [0.1, 0.15) is 31.9 Å². The predicted octanol–water partition coefficient (Wildman–Crippen LogP) is 3.39. The molecule has 3 nitrogen and oxygen atoms in total. The van der Waals surface area contributed by atoms with Gasteiger partial charge in [0.25, 0.3) is 0 Å². The lowest BCUT2D eigenvalue weighted by molar-refractivity contribution is -0.137. The highest BCUT2D eigenvalue weighted by molar-refractivity contribution is 5.29. The van der Waals surface area contributed by atoms with Crippen LogP contribution in [0.15, 0.2) is 24.3 Å². The minimum absolute atomic E-state index is 0.164. The summed E-state index contributed by atoms with van der Waals surface area (Å²) in [5.41, 5.74) is -1.99. The quantitative estimate of drug-likeness (QED) is 0.875. The Hall–Kier alpha value is -1.58. The first-order valence-electron chi connectivity index (χ1n) is 7.12. The van der Waals surface area contributed by atoms with Crippen LogP contribution in [0.25, 0.3) is 0 Å². The molecule has 1 N–H and O–H groups in total. The number of nitrogens with zero attached hydrogens (tertiary/aromatic N) is 2. The first kappa shape index (κ1) is 18.5. The summed E-state index contributed by atoms with van der Waals surface area (Å²) in [6.45, 7) is 6.36. The van der Waals surface area contributed by atoms with E-state index in [4.69, 9.17) is 5.26 Å². The van der Waals surface area contributed by atoms with E-state index in [0.29, 0.717) is 13.1 Å². The number of halogens is 3. The van der Waals surface area contributed by atoms with E-state index >= 15 is 0 Å². The lowest BCUT2D eigenvalue weighted by Gasteiger charge is -2.32. The second-order valence-corrected chi connectivity index (χ2v) is 5.71. The Kier molecular flexibility index (Phi) is 5.98. The van der Waals surface area contributed by atoms with Gasteiger partial charge in [-0.1, -0.05) is 19.1 Å². The molecular weight excluding hydrogens is 293 g/mol. The zero-order chi connectivity index (χ0) is 17.0. The molecule has 122 valence electrons. The summed E-state index contributed by atoms with van der Waals surface area (Å²) in [5, 5.41) is 19.4. The normalized spacial score (nSPS) is 16.1. The van der Waals surface area contributed by atoms with Crippen LogP contribution in [-0.4, -0.2) is 29.6 Å². The molecule has 0 saturated carbocycles. The van der Waals surface area contributed by atoms with Crippen LogP contribution in [0.4, 0.5) is 13.2 Å². The Labute approximate surface area is 129 Å². The van der Waals surface area contributed by atoms with Gasteiger partial charge in [-0.15, -0.1) is 0 Å². The zero-order valence-electron chi connectivity index (χ0n) is 13.0. The van der Waals surface area contributed by atoms with Gasteiger partial charge in [-0.05, 0) is 38.1 Å². The SMILES string of the molecule is CCN(CC(C)C#N)CC(C)(O)c1cccc(C(F)(F)F)c1. The van der Waals surface area contributed by atoms with E-state index in [0.717, 1.165) is 12.1 Å². The molecule has 0 aliphatic rings. The van der Waals surface area contributed by atoms with Crippen molar-refractivity contribution in [2.75, 3.05) is 19.6 Å². The average Bonchev–Trinajstić information content (AvgIpc) is 2.45. The maximum atomic E-state index is 12.8. The molecule has 1 aromatic rings. The van der Waals surface area contributed by atoms with Gasteiger partial charge >= 0.3 is 6.18 Å². The first-order valence-corrected chi connectivity index (χ1v) is 7.12. The zero-order valence-corrected chi connectivity index (χ0v) is 13.0. The molecular formula is C16H21F3N2O. The molecule has 0 heterocycles. The molecule has 0 radical (unpaired) electrons. The average molecular weight is 314 g/mol. The molecule has 2 atom stereocenters. The molecule has 6 heteroatoms. The molecule has 0 amide bonds. The van der Waals surface area contributed by atoms with E-state index in [-0.39, 0.29) is 18.0 Å². The standard InChI is InChI=1S/C16H21F3N2O/c1-4-21(10-12(2)9-20)11-15(3,22)13-6-5-7-14(8-13)16(17,18)19/h5-8,12,22H,4,10-11H2,1-3H3. The highest BCUT2D eigenvalue weighted by Crippen LogP contribution is 2.32. The monoisotopic (exact) mass is 314 g/mol. The van der Waals surface area contributed by atoms with E-state index in [1.807, 2.05) is 11.8 Å². The molecule has 22 heavy (non-hydrogen) atoms. The summed E-state index contributed by atoms with van der Waals surface area (Å²) < 4.78 is 38.3. The Balaban J connectivity index is 2.96. The van der Waals surface area contributed by atoms with Gasteiger partial charge in [0.05, 0.1) is 23.2 Å². The minimum atomic E-state index is -4.44. The van der Waals surface area contributed by atoms with Crippen molar-refractivity contribution in [2.45, 2.75) is 32.5 Å². The number of rotatable bonds is 6. The fraction of sp³-hybridized carbons (Fsp3) is 0.562. The van der Waals surface area contributed by atoms with Gasteiger partial charge in [-0.3, -0.25) is 4.90 Å². The largest absolute Gasteiger partial charge is 0.416 e. The smallest absolute Gasteiger partial charge is 0.384 e. The Morgan fingerprint density at radius 2 is 1.91 bits per heavy atom. The van der Waals surface area contributed by atoms with Crippen molar-refractivity contribution in [2.24, 2.45) is 5.92 Å². The molecule has 0 fully saturated rings. The minimum Gasteiger partial charge on any atom is -0.384 e. The van der Waals surface area contributed by atoms with Crippen LogP contribution in [0, 0.1) is 17.2 Å². The molecule has 0 spiro atoms. The summed E-state index contributed by atoms with van der Waals surface area (Å²) in [6.07, 6.45) is -4.44. The summed E-state index contributed by atoms with van der Waals surface area (Å²) in [6, 6.07) is 6.84. The molecule has 1 aromatic carbocycles. The molecule has 1 rings (SSSR count). The lowest BCUT2D eigenvalue weighted by Crippen LogP contribution is -2.40. The Morgan fingerprint density at radius 1 is 1.32 bits per heavy atom. The molecule has 0 saturated heterocycles. The van der Waals surface area contributed by atoms with E-state index < -0.39 is 17.3 Å². The highest BCUT2D eigenvalue weighted by Gasteiger charge is 2.33. The van der Waals surface area contributed by atoms with Gasteiger partial charge in [-0.25, -0.2) is 0 Å². The summed E-state index contributed by atoms with van der Waals surface area (Å²) in [4.78, 5) is 1.86. The number of benzene rings is 1. The molecule has 0 aromatic heterocycles. The van der Waals surface area contributed by atoms with Gasteiger partial charge in [0.1, 0.15) is 0 Å². The number of likely N-dealkylation sites (N-methyl/N-ethyl adjacent to an activating group) is 1. The highest BCUT2D eigenvalue weighted by atomic mass is 19.4. The van der Waals surface area contributed by atoms with Gasteiger partial charge in [0, 0.05) is 13.1 Å². The van der Waals surface area contributed by atoms with E-state index in [2.05, 4.69) is 6.07 Å². The third-order valence-corrected chi connectivity index (χ3v) is 3.54. The first-order chi connectivity index (χ1) is 10.1. The van der Waals surface area contributed by atoms with Gasteiger partial charge in [0.2, 0.25) is 0 Å². The predicted molar refractivity (Wildman–Crippen MR) is 77.9 cm³/mol. The van der Waals surface area contributed by atoms with E-state index in [1.54, 1.807) is 6.92 Å². The lowest BCUT2D eigenvalue weighted by atomic mass is 9.93. The van der Waals surface area contributed by atoms with Gasteiger partial charge in [0.15, 0.2) is 0 Å². The number of aliphatic hydroxyl groups is 1. The summed E-state index contributed by atoms with van der Waals surface area (Å²) in [7, 11) is 0. The second kappa shape index (κ2) is 7.12. The van der Waals surface area contributed by atoms with Crippen molar-refractivity contribution in [3.63, 3.8) is 0 Å². The Morgan fingerprint density at radius 3 is 2.41 bits per heavy atom. The number of nitriles is 1. The van der Waals surface area contributed by atoms with Crippen molar-refractivity contribution >= 4 is 0 Å². The fourth-order valence-corrected chi connectivity index (χ4v) is 2.29. The molecule has 0 aliphatic carbocycles. The third kappa shape index (κ3) is 5.00. The van der Waals surface area contributed by atoms with Gasteiger partial charge in [-0.2, -0.15) is 18.4 Å². The van der Waals surface area contributed by atoms with Crippen LogP contribution in [0.3, 0.4) is 0 Å². The molecule has 0 bridgehead atoms. The van der Waals surface area contributed by atoms with E-state index in [1.165, 1.54) is 19.1 Å².